The molecule has 5 nitrogen and oxygen atoms in total. The summed E-state index contributed by atoms with van der Waals surface area (Å²) in [7, 11) is -4.64. The fourth-order valence-corrected chi connectivity index (χ4v) is 6.58. The quantitative estimate of drug-likeness (QED) is 0.0344. The maximum absolute atomic E-state index is 8.88. The summed E-state index contributed by atoms with van der Waals surface area (Å²) in [6, 6.07) is 0. The van der Waals surface area contributed by atoms with Gasteiger partial charge in [0.25, 0.3) is 0 Å². The number of ether oxygens (including phenoxy) is 1. The molecule has 0 saturated carbocycles. The van der Waals surface area contributed by atoms with Gasteiger partial charge >= 0.3 is 37.4 Å². The van der Waals surface area contributed by atoms with E-state index < -0.39 is 7.82 Å². The molecule has 0 rings (SSSR count). The third-order valence-corrected chi connectivity index (χ3v) is 9.57. The normalized spacial score (nSPS) is 12.7. The van der Waals surface area contributed by atoms with E-state index in [0.717, 1.165) is 25.0 Å². The van der Waals surface area contributed by atoms with Crippen LogP contribution in [0.15, 0.2) is 0 Å². The van der Waals surface area contributed by atoms with Gasteiger partial charge in [-0.1, -0.05) is 207 Å². The molecule has 2 atom stereocenters. The molecule has 0 heterocycles. The topological polar surface area (TPSA) is 87.0 Å². The van der Waals surface area contributed by atoms with Crippen molar-refractivity contribution in [2.45, 2.75) is 233 Å². The van der Waals surface area contributed by atoms with E-state index in [0.29, 0.717) is 0 Å². The Hall–Kier alpha value is 1.07. The number of phosphoric acid groups is 1. The van der Waals surface area contributed by atoms with Crippen molar-refractivity contribution in [2.75, 3.05) is 13.2 Å². The van der Waals surface area contributed by atoms with Crippen molar-refractivity contribution in [1.82, 2.24) is 0 Å². The second kappa shape index (κ2) is 43.2. The van der Waals surface area contributed by atoms with Crippen LogP contribution >= 0.6 is 7.82 Å². The van der Waals surface area contributed by atoms with E-state index in [1.54, 1.807) is 0 Å². The molecule has 47 heavy (non-hydrogen) atoms. The van der Waals surface area contributed by atoms with Crippen LogP contribution < -0.4 is 0 Å². The molecule has 0 bridgehead atoms. The van der Waals surface area contributed by atoms with Gasteiger partial charge in [-0.05, 0) is 37.5 Å². The standard InChI is InChI=1S/C40H82O.Na.H3O4P.H/c1-5-9-13-17-21-23-27-31-35-39(33-29-25-19-15-11-7-3)37-41-38-40(34-30-26-20-16-12-8-4)36-32-28-24-22-18-14-10-6-2;;1-5(2,3)4;/h39-40H,5-38H2,1-4H3;;(H3,1,2,3,4);. The van der Waals surface area contributed by atoms with Gasteiger partial charge in [-0.2, -0.15) is 0 Å². The van der Waals surface area contributed by atoms with E-state index >= 15 is 0 Å². The van der Waals surface area contributed by atoms with Gasteiger partial charge in [0.1, 0.15) is 0 Å². The van der Waals surface area contributed by atoms with E-state index in [1.165, 1.54) is 205 Å². The fourth-order valence-electron chi connectivity index (χ4n) is 6.58. The molecule has 0 aliphatic carbocycles. The molecule has 0 fully saturated rings. The zero-order valence-electron chi connectivity index (χ0n) is 31.8. The molecule has 282 valence electrons. The van der Waals surface area contributed by atoms with E-state index in [-0.39, 0.29) is 29.6 Å². The monoisotopic (exact) mass is 701 g/mol. The Balaban J connectivity index is -0.00000298. The number of hydrogen-bond donors (Lipinski definition) is 3. The van der Waals surface area contributed by atoms with Crippen molar-refractivity contribution in [3.63, 3.8) is 0 Å². The van der Waals surface area contributed by atoms with Crippen LogP contribution in [0, 0.1) is 11.8 Å². The Bertz CT molecular complexity index is 555. The number of rotatable bonds is 36. The first-order chi connectivity index (χ1) is 22.3. The Labute approximate surface area is 317 Å². The number of unbranched alkanes of at least 4 members (excludes halogenated alkanes) is 24. The van der Waals surface area contributed by atoms with E-state index in [1.807, 2.05) is 0 Å². The summed E-state index contributed by atoms with van der Waals surface area (Å²) in [6.45, 7) is 11.4. The number of hydrogen-bond acceptors (Lipinski definition) is 2. The molecule has 0 saturated heterocycles. The summed E-state index contributed by atoms with van der Waals surface area (Å²) in [5, 5.41) is 0. The molecule has 7 heteroatoms. The predicted molar refractivity (Wildman–Crippen MR) is 210 cm³/mol. The molecule has 3 N–H and O–H groups in total. The summed E-state index contributed by atoms with van der Waals surface area (Å²) in [5.74, 6) is 1.61. The molecule has 0 aromatic rings. The molecule has 0 aliphatic heterocycles. The Kier molecular flexibility index (Phi) is 48.2. The average molecular weight is 701 g/mol. The Morgan fingerprint density at radius 2 is 0.553 bits per heavy atom. The van der Waals surface area contributed by atoms with Crippen molar-refractivity contribution in [1.29, 1.82) is 0 Å². The van der Waals surface area contributed by atoms with Gasteiger partial charge in [-0.15, -0.1) is 0 Å². The van der Waals surface area contributed by atoms with E-state index in [9.17, 15) is 0 Å². The van der Waals surface area contributed by atoms with Crippen LogP contribution in [0.4, 0.5) is 0 Å². The Morgan fingerprint density at radius 3 is 0.745 bits per heavy atom. The third-order valence-electron chi connectivity index (χ3n) is 9.57. The molecule has 0 aromatic heterocycles. The van der Waals surface area contributed by atoms with Crippen LogP contribution in [-0.2, 0) is 9.30 Å². The summed E-state index contributed by atoms with van der Waals surface area (Å²) in [5.41, 5.74) is 0. The van der Waals surface area contributed by atoms with Crippen LogP contribution in [0.5, 0.6) is 0 Å². The first-order valence-corrected chi connectivity index (χ1v) is 22.2. The van der Waals surface area contributed by atoms with Crippen molar-refractivity contribution < 1.29 is 24.0 Å². The van der Waals surface area contributed by atoms with Gasteiger partial charge in [-0.3, -0.25) is 0 Å². The van der Waals surface area contributed by atoms with Gasteiger partial charge in [-0.25, -0.2) is 4.57 Å². The van der Waals surface area contributed by atoms with Crippen LogP contribution in [0.2, 0.25) is 0 Å². The minimum atomic E-state index is -4.64. The zero-order valence-corrected chi connectivity index (χ0v) is 32.7. The third kappa shape index (κ3) is 51.5. The first-order valence-electron chi connectivity index (χ1n) is 20.6. The van der Waals surface area contributed by atoms with Gasteiger partial charge in [0, 0.05) is 13.2 Å². The molecule has 0 aromatic carbocycles. The van der Waals surface area contributed by atoms with E-state index in [2.05, 4.69) is 27.7 Å². The van der Waals surface area contributed by atoms with Crippen molar-refractivity contribution in [3.05, 3.63) is 0 Å². The predicted octanol–water partition coefficient (Wildman–Crippen LogP) is 13.2. The van der Waals surface area contributed by atoms with Crippen LogP contribution in [0.25, 0.3) is 0 Å². The summed E-state index contributed by atoms with van der Waals surface area (Å²) in [4.78, 5) is 21.6. The molecule has 0 spiro atoms. The zero-order chi connectivity index (χ0) is 34.4. The fraction of sp³-hybridized carbons (Fsp3) is 1.00. The molecule has 0 aliphatic rings. The van der Waals surface area contributed by atoms with Crippen molar-refractivity contribution in [3.8, 4) is 0 Å². The average Bonchev–Trinajstić information content (AvgIpc) is 3.01. The molecule has 0 radical (unpaired) electrons. The molecular weight excluding hydrogens is 614 g/mol. The summed E-state index contributed by atoms with van der Waals surface area (Å²) >= 11 is 0. The maximum atomic E-state index is 8.88. The van der Waals surface area contributed by atoms with Gasteiger partial charge in [0.2, 0.25) is 0 Å². The summed E-state index contributed by atoms with van der Waals surface area (Å²) < 4.78 is 15.5. The van der Waals surface area contributed by atoms with Crippen molar-refractivity contribution >= 4 is 37.4 Å². The molecule has 2 unspecified atom stereocenters. The van der Waals surface area contributed by atoms with Crippen LogP contribution in [0.3, 0.4) is 0 Å². The second-order valence-electron chi connectivity index (χ2n) is 14.4. The minimum absolute atomic E-state index is 0. The van der Waals surface area contributed by atoms with Gasteiger partial charge < -0.3 is 19.4 Å². The van der Waals surface area contributed by atoms with Crippen molar-refractivity contribution in [2.24, 2.45) is 11.8 Å². The SMILES string of the molecule is CCCCCCCCCCC(CCCCCCCC)COCC(CCCCCCCC)CCCCCCCCCC.O=P(O)(O)O.[NaH]. The molecular formula is C40H86NaO5P. The van der Waals surface area contributed by atoms with Gasteiger partial charge in [0.15, 0.2) is 0 Å². The van der Waals surface area contributed by atoms with E-state index in [4.69, 9.17) is 24.0 Å². The van der Waals surface area contributed by atoms with Crippen LogP contribution in [0.1, 0.15) is 233 Å². The second-order valence-corrected chi connectivity index (χ2v) is 15.4. The first kappa shape index (κ1) is 52.4. The molecule has 0 amide bonds. The Morgan fingerprint density at radius 1 is 0.383 bits per heavy atom. The van der Waals surface area contributed by atoms with Crippen LogP contribution in [-0.4, -0.2) is 57.5 Å². The summed E-state index contributed by atoms with van der Waals surface area (Å²) in [6.07, 6.45) is 45.6. The van der Waals surface area contributed by atoms with Gasteiger partial charge in [0.05, 0.1) is 0 Å².